The van der Waals surface area contributed by atoms with Gasteiger partial charge in [-0.1, -0.05) is 6.07 Å². The third-order valence-corrected chi connectivity index (χ3v) is 5.88. The van der Waals surface area contributed by atoms with E-state index < -0.39 is 0 Å². The van der Waals surface area contributed by atoms with Crippen molar-refractivity contribution in [1.29, 1.82) is 5.26 Å². The molecule has 0 spiro atoms. The summed E-state index contributed by atoms with van der Waals surface area (Å²) < 4.78 is 0. The molecule has 0 bridgehead atoms. The Labute approximate surface area is 144 Å². The lowest BCUT2D eigenvalue weighted by Crippen LogP contribution is -2.35. The normalized spacial score (nSPS) is 15.8. The second kappa shape index (κ2) is 5.67. The van der Waals surface area contributed by atoms with Crippen LogP contribution in [0.25, 0.3) is 11.1 Å². The maximum Gasteiger partial charge on any atom is 0.0991 e. The molecule has 2 aliphatic rings. The molecular weight excluding hydrogens is 292 g/mol. The Morgan fingerprint density at radius 1 is 0.958 bits per heavy atom. The van der Waals surface area contributed by atoms with Gasteiger partial charge < -0.3 is 4.90 Å². The van der Waals surface area contributed by atoms with Crippen molar-refractivity contribution in [3.8, 4) is 17.2 Å². The molecule has 0 fully saturated rings. The Bertz CT molecular complexity index is 834. The van der Waals surface area contributed by atoms with E-state index in [4.69, 9.17) is 5.26 Å². The average molecular weight is 316 g/mol. The van der Waals surface area contributed by atoms with E-state index in [2.05, 4.69) is 37.8 Å². The first-order chi connectivity index (χ1) is 11.6. The summed E-state index contributed by atoms with van der Waals surface area (Å²) in [5, 5.41) is 9.15. The maximum absolute atomic E-state index is 9.15. The summed E-state index contributed by atoms with van der Waals surface area (Å²) in [6.07, 6.45) is 4.94. The van der Waals surface area contributed by atoms with Crippen LogP contribution in [-0.2, 0) is 12.8 Å². The van der Waals surface area contributed by atoms with Gasteiger partial charge in [-0.2, -0.15) is 5.26 Å². The predicted molar refractivity (Wildman–Crippen MR) is 99.7 cm³/mol. The quantitative estimate of drug-likeness (QED) is 0.752. The van der Waals surface area contributed by atoms with Crippen LogP contribution in [0.3, 0.4) is 0 Å². The minimum absolute atomic E-state index is 0.747. The van der Waals surface area contributed by atoms with Crippen molar-refractivity contribution in [2.24, 2.45) is 0 Å². The van der Waals surface area contributed by atoms with Gasteiger partial charge in [0.1, 0.15) is 0 Å². The number of benzene rings is 2. The van der Waals surface area contributed by atoms with Gasteiger partial charge in [0.15, 0.2) is 0 Å². The zero-order valence-corrected chi connectivity index (χ0v) is 14.9. The van der Waals surface area contributed by atoms with E-state index in [0.29, 0.717) is 0 Å². The van der Waals surface area contributed by atoms with E-state index in [9.17, 15) is 0 Å². The Balaban J connectivity index is 1.99. The summed E-state index contributed by atoms with van der Waals surface area (Å²) in [4.78, 5) is 2.62. The van der Waals surface area contributed by atoms with Crippen molar-refractivity contribution in [3.63, 3.8) is 0 Å². The zero-order valence-electron chi connectivity index (χ0n) is 14.9. The van der Waals surface area contributed by atoms with Crippen molar-refractivity contribution >= 4 is 5.69 Å². The van der Waals surface area contributed by atoms with Crippen LogP contribution in [0.2, 0.25) is 0 Å². The first-order valence-corrected chi connectivity index (χ1v) is 9.02. The van der Waals surface area contributed by atoms with Crippen LogP contribution in [0.4, 0.5) is 5.69 Å². The fraction of sp³-hybridized carbons (Fsp3) is 0.409. The second-order valence-electron chi connectivity index (χ2n) is 7.27. The van der Waals surface area contributed by atoms with Gasteiger partial charge in [-0.05, 0) is 97.5 Å². The molecule has 2 heterocycles. The monoisotopic (exact) mass is 316 g/mol. The van der Waals surface area contributed by atoms with E-state index in [0.717, 1.165) is 5.56 Å². The molecule has 4 rings (SSSR count). The molecule has 122 valence electrons. The van der Waals surface area contributed by atoms with Crippen molar-refractivity contribution in [3.05, 3.63) is 51.6 Å². The van der Waals surface area contributed by atoms with Gasteiger partial charge in [0.05, 0.1) is 11.6 Å². The maximum atomic E-state index is 9.15. The number of nitrogens with zero attached hydrogens (tertiary/aromatic N) is 2. The molecule has 2 heteroatoms. The number of anilines is 1. The highest BCUT2D eigenvalue weighted by Gasteiger charge is 2.29. The predicted octanol–water partition coefficient (Wildman–Crippen LogP) is 4.85. The lowest BCUT2D eigenvalue weighted by atomic mass is 9.80. The summed E-state index contributed by atoms with van der Waals surface area (Å²) >= 11 is 0. The molecule has 0 aliphatic carbocycles. The highest BCUT2D eigenvalue weighted by molar-refractivity contribution is 5.82. The Morgan fingerprint density at radius 3 is 2.12 bits per heavy atom. The summed E-state index contributed by atoms with van der Waals surface area (Å²) in [6.45, 7) is 9.16. The van der Waals surface area contributed by atoms with Gasteiger partial charge in [-0.25, -0.2) is 0 Å². The van der Waals surface area contributed by atoms with E-state index >= 15 is 0 Å². The highest BCUT2D eigenvalue weighted by atomic mass is 15.1. The largest absolute Gasteiger partial charge is 0.371 e. The van der Waals surface area contributed by atoms with Crippen molar-refractivity contribution in [1.82, 2.24) is 0 Å². The molecule has 2 nitrogen and oxygen atoms in total. The van der Waals surface area contributed by atoms with Gasteiger partial charge in [0, 0.05) is 18.8 Å². The number of rotatable bonds is 1. The van der Waals surface area contributed by atoms with Crippen LogP contribution < -0.4 is 4.90 Å². The molecule has 0 amide bonds. The van der Waals surface area contributed by atoms with Crippen LogP contribution in [0.5, 0.6) is 0 Å². The smallest absolute Gasteiger partial charge is 0.0991 e. The van der Waals surface area contributed by atoms with E-state index in [1.54, 1.807) is 16.8 Å². The van der Waals surface area contributed by atoms with Crippen molar-refractivity contribution < 1.29 is 0 Å². The fourth-order valence-electron chi connectivity index (χ4n) is 4.76. The van der Waals surface area contributed by atoms with Gasteiger partial charge in [-0.3, -0.25) is 0 Å². The van der Waals surface area contributed by atoms with Crippen LogP contribution in [-0.4, -0.2) is 13.1 Å². The standard InChI is InChI=1S/C22H24N2/c1-14-12-17(13-23)8-9-18(14)21-15(2)19-6-4-10-24-11-5-7-20(16(21)3)22(19)24/h8-9,12H,4-7,10-11H2,1-3H3. The van der Waals surface area contributed by atoms with E-state index in [1.165, 1.54) is 66.6 Å². The summed E-state index contributed by atoms with van der Waals surface area (Å²) in [6, 6.07) is 8.38. The second-order valence-corrected chi connectivity index (χ2v) is 7.27. The number of nitriles is 1. The molecule has 24 heavy (non-hydrogen) atoms. The summed E-state index contributed by atoms with van der Waals surface area (Å²) in [5.74, 6) is 0. The first-order valence-electron chi connectivity index (χ1n) is 9.02. The lowest BCUT2D eigenvalue weighted by Gasteiger charge is -2.39. The molecule has 2 aliphatic heterocycles. The Hall–Kier alpha value is -2.27. The van der Waals surface area contributed by atoms with Crippen LogP contribution in [0.1, 0.15) is 46.2 Å². The molecule has 0 radical (unpaired) electrons. The van der Waals surface area contributed by atoms with Crippen LogP contribution >= 0.6 is 0 Å². The molecule has 0 aromatic heterocycles. The highest BCUT2D eigenvalue weighted by Crippen LogP contribution is 2.44. The number of aryl methyl sites for hydroxylation is 1. The molecular formula is C22H24N2. The van der Waals surface area contributed by atoms with Crippen LogP contribution in [0.15, 0.2) is 18.2 Å². The van der Waals surface area contributed by atoms with Crippen LogP contribution in [0, 0.1) is 32.1 Å². The summed E-state index contributed by atoms with van der Waals surface area (Å²) in [5.41, 5.74) is 12.3. The Morgan fingerprint density at radius 2 is 1.58 bits per heavy atom. The van der Waals surface area contributed by atoms with Crippen molar-refractivity contribution in [2.45, 2.75) is 46.5 Å². The zero-order chi connectivity index (χ0) is 16.8. The SMILES string of the molecule is Cc1cc(C#N)ccc1-c1c(C)c2c3c(c1C)CCCN3CCC2. The Kier molecular flexibility index (Phi) is 3.61. The fourth-order valence-corrected chi connectivity index (χ4v) is 4.76. The first kappa shape index (κ1) is 15.3. The number of hydrogen-bond acceptors (Lipinski definition) is 2. The van der Waals surface area contributed by atoms with Crippen molar-refractivity contribution in [2.75, 3.05) is 18.0 Å². The molecule has 0 N–H and O–H groups in total. The third-order valence-electron chi connectivity index (χ3n) is 5.88. The molecule has 2 aromatic rings. The summed E-state index contributed by atoms with van der Waals surface area (Å²) in [7, 11) is 0. The molecule has 0 unspecified atom stereocenters. The molecule has 0 saturated carbocycles. The van der Waals surface area contributed by atoms with Gasteiger partial charge in [0.25, 0.3) is 0 Å². The van der Waals surface area contributed by atoms with E-state index in [-0.39, 0.29) is 0 Å². The average Bonchev–Trinajstić information content (AvgIpc) is 2.60. The van der Waals surface area contributed by atoms with Gasteiger partial charge >= 0.3 is 0 Å². The molecule has 0 saturated heterocycles. The minimum Gasteiger partial charge on any atom is -0.371 e. The van der Waals surface area contributed by atoms with Gasteiger partial charge in [0.2, 0.25) is 0 Å². The third kappa shape index (κ3) is 2.15. The number of hydrogen-bond donors (Lipinski definition) is 0. The van der Waals surface area contributed by atoms with Gasteiger partial charge in [-0.15, -0.1) is 0 Å². The molecule has 0 atom stereocenters. The van der Waals surface area contributed by atoms with E-state index in [1.807, 2.05) is 12.1 Å². The molecule has 2 aromatic carbocycles. The topological polar surface area (TPSA) is 27.0 Å². The minimum atomic E-state index is 0.747. The lowest BCUT2D eigenvalue weighted by molar-refractivity contribution is 0.630.